The molecule has 4 N–H and O–H groups in total. The van der Waals surface area contributed by atoms with Crippen molar-refractivity contribution in [2.45, 2.75) is 4.90 Å². The van der Waals surface area contributed by atoms with Crippen LogP contribution in [0, 0.1) is 0 Å². The third-order valence-electron chi connectivity index (χ3n) is 1.76. The van der Waals surface area contributed by atoms with Crippen molar-refractivity contribution >= 4 is 21.6 Å². The molecule has 0 amide bonds. The number of hydrogen-bond donors (Lipinski definition) is 2. The summed E-state index contributed by atoms with van der Waals surface area (Å²) < 4.78 is 32.5. The van der Waals surface area contributed by atoms with Crippen LogP contribution in [0.4, 0.5) is 5.69 Å². The molecule has 6 nitrogen and oxygen atoms in total. The van der Waals surface area contributed by atoms with Gasteiger partial charge in [-0.05, 0) is 18.2 Å². The Morgan fingerprint density at radius 1 is 1.38 bits per heavy atom. The molecule has 0 heterocycles. The van der Waals surface area contributed by atoms with Crippen LogP contribution in [0.15, 0.2) is 23.1 Å². The van der Waals surface area contributed by atoms with Gasteiger partial charge >= 0.3 is 51.4 Å². The quantitative estimate of drug-likeness (QED) is 0.252. The number of carbonyl (C=O) groups is 1. The summed E-state index contributed by atoms with van der Waals surface area (Å²) in [6.45, 7) is -0.369. The molecule has 0 saturated carbocycles. The first-order chi connectivity index (χ1) is 6.86. The van der Waals surface area contributed by atoms with Gasteiger partial charge in [0, 0.05) is 11.3 Å². The first-order valence-electron chi connectivity index (χ1n) is 3.95. The molecule has 1 aromatic carbocycles. The number of Topliss-reactive ketones (excluding diaryl/α,β-unsaturated/α-hetero) is 1. The second-order valence-corrected chi connectivity index (χ2v) is 4.19. The van der Waals surface area contributed by atoms with E-state index in [4.69, 9.17) is 11.5 Å². The van der Waals surface area contributed by atoms with E-state index in [0.29, 0.717) is 0 Å². The summed E-state index contributed by atoms with van der Waals surface area (Å²) in [6, 6.07) is 3.46. The predicted octanol–water partition coefficient (Wildman–Crippen LogP) is -3.68. The maximum Gasteiger partial charge on any atom is 1.00 e. The predicted molar refractivity (Wildman–Crippen MR) is 52.2 cm³/mol. The molecule has 0 spiro atoms. The van der Waals surface area contributed by atoms with Crippen LogP contribution in [0.25, 0.3) is 0 Å². The van der Waals surface area contributed by atoms with E-state index in [2.05, 4.69) is 0 Å². The van der Waals surface area contributed by atoms with E-state index in [1.165, 1.54) is 12.1 Å². The van der Waals surface area contributed by atoms with Gasteiger partial charge in [0.25, 0.3) is 0 Å². The fourth-order valence-corrected chi connectivity index (χ4v) is 1.82. The van der Waals surface area contributed by atoms with Gasteiger partial charge in [0.1, 0.15) is 10.1 Å². The average Bonchev–Trinajstić information content (AvgIpc) is 2.15. The van der Waals surface area contributed by atoms with Gasteiger partial charge in [0.15, 0.2) is 5.78 Å². The topological polar surface area (TPSA) is 126 Å². The van der Waals surface area contributed by atoms with Gasteiger partial charge in [-0.25, -0.2) is 8.42 Å². The standard InChI is InChI=1S/C8H10N2O4S.K/c9-4-7(11)6-2-1-5(10)3-8(6)15(12,13)14;/h1-3H,4,9-10H2,(H,12,13,14);/q;+1/p-1. The number of ketones is 1. The molecule has 1 rings (SSSR count). The Bertz CT molecular complexity index is 501. The van der Waals surface area contributed by atoms with E-state index < -0.39 is 20.8 Å². The van der Waals surface area contributed by atoms with E-state index in [-0.39, 0.29) is 69.2 Å². The van der Waals surface area contributed by atoms with Crippen molar-refractivity contribution in [2.75, 3.05) is 12.3 Å². The number of rotatable bonds is 3. The van der Waals surface area contributed by atoms with E-state index in [1.807, 2.05) is 0 Å². The van der Waals surface area contributed by atoms with Crippen molar-refractivity contribution in [3.63, 3.8) is 0 Å². The minimum atomic E-state index is -4.72. The zero-order chi connectivity index (χ0) is 11.6. The maximum atomic E-state index is 11.2. The molecule has 0 radical (unpaired) electrons. The van der Waals surface area contributed by atoms with E-state index in [1.54, 1.807) is 0 Å². The second-order valence-electron chi connectivity index (χ2n) is 2.84. The van der Waals surface area contributed by atoms with Gasteiger partial charge in [-0.1, -0.05) is 0 Å². The van der Waals surface area contributed by atoms with Crippen LogP contribution in [0.1, 0.15) is 10.4 Å². The minimum absolute atomic E-state index is 0. The van der Waals surface area contributed by atoms with Gasteiger partial charge in [0.2, 0.25) is 0 Å². The van der Waals surface area contributed by atoms with Crippen molar-refractivity contribution in [3.05, 3.63) is 23.8 Å². The third kappa shape index (κ3) is 3.89. The average molecular weight is 268 g/mol. The van der Waals surface area contributed by atoms with Crippen LogP contribution in [0.2, 0.25) is 0 Å². The summed E-state index contributed by atoms with van der Waals surface area (Å²) in [7, 11) is -4.72. The van der Waals surface area contributed by atoms with Crippen molar-refractivity contribution in [3.8, 4) is 0 Å². The summed E-state index contributed by atoms with van der Waals surface area (Å²) in [4.78, 5) is 10.6. The Balaban J connectivity index is 0.00000225. The van der Waals surface area contributed by atoms with Crippen LogP contribution in [0.5, 0.6) is 0 Å². The summed E-state index contributed by atoms with van der Waals surface area (Å²) >= 11 is 0. The molecule has 8 heteroatoms. The Morgan fingerprint density at radius 3 is 2.38 bits per heavy atom. The van der Waals surface area contributed by atoms with Crippen molar-refractivity contribution in [2.24, 2.45) is 5.73 Å². The normalized spacial score (nSPS) is 10.6. The summed E-state index contributed by atoms with van der Waals surface area (Å²) in [6.07, 6.45) is 0. The number of carbonyl (C=O) groups excluding carboxylic acids is 1. The molecule has 0 aliphatic heterocycles. The fraction of sp³-hybridized carbons (Fsp3) is 0.125. The molecule has 1 aromatic rings. The van der Waals surface area contributed by atoms with Crippen molar-refractivity contribution < 1.29 is 69.1 Å². The fourth-order valence-electron chi connectivity index (χ4n) is 1.09. The zero-order valence-electron chi connectivity index (χ0n) is 8.64. The van der Waals surface area contributed by atoms with Crippen LogP contribution in [-0.4, -0.2) is 25.3 Å². The second kappa shape index (κ2) is 6.22. The first-order valence-corrected chi connectivity index (χ1v) is 5.36. The van der Waals surface area contributed by atoms with Crippen LogP contribution >= 0.6 is 0 Å². The molecule has 0 aliphatic carbocycles. The van der Waals surface area contributed by atoms with Crippen LogP contribution in [0.3, 0.4) is 0 Å². The Morgan fingerprint density at radius 2 is 1.94 bits per heavy atom. The molecule has 0 bridgehead atoms. The molecule has 0 saturated heterocycles. The first kappa shape index (κ1) is 16.2. The molecule has 0 aliphatic rings. The molecule has 0 fully saturated rings. The van der Waals surface area contributed by atoms with Crippen molar-refractivity contribution in [1.82, 2.24) is 0 Å². The smallest absolute Gasteiger partial charge is 0.744 e. The summed E-state index contributed by atoms with van der Waals surface area (Å²) in [5, 5.41) is 0. The number of anilines is 1. The molecule has 16 heavy (non-hydrogen) atoms. The largest absolute Gasteiger partial charge is 1.00 e. The van der Waals surface area contributed by atoms with Gasteiger partial charge in [-0.3, -0.25) is 4.79 Å². The zero-order valence-corrected chi connectivity index (χ0v) is 12.6. The molecule has 82 valence electrons. The van der Waals surface area contributed by atoms with Gasteiger partial charge < -0.3 is 16.0 Å². The van der Waals surface area contributed by atoms with Gasteiger partial charge in [-0.15, -0.1) is 0 Å². The summed E-state index contributed by atoms with van der Waals surface area (Å²) in [5.41, 5.74) is 10.3. The Hall–Kier alpha value is 0.196. The van der Waals surface area contributed by atoms with Crippen LogP contribution < -0.4 is 62.9 Å². The van der Waals surface area contributed by atoms with Crippen molar-refractivity contribution in [1.29, 1.82) is 0 Å². The van der Waals surface area contributed by atoms with Gasteiger partial charge in [0.05, 0.1) is 11.4 Å². The molecule has 0 atom stereocenters. The van der Waals surface area contributed by atoms with E-state index >= 15 is 0 Å². The molecule has 0 unspecified atom stereocenters. The number of nitrogens with two attached hydrogens (primary N) is 2. The van der Waals surface area contributed by atoms with E-state index in [0.717, 1.165) is 6.07 Å². The monoisotopic (exact) mass is 268 g/mol. The van der Waals surface area contributed by atoms with Gasteiger partial charge in [-0.2, -0.15) is 0 Å². The SMILES string of the molecule is NCC(=O)c1ccc(N)cc1S(=O)(=O)[O-].[K+]. The number of hydrogen-bond acceptors (Lipinski definition) is 6. The third-order valence-corrected chi connectivity index (χ3v) is 2.64. The Labute approximate surface area is 136 Å². The maximum absolute atomic E-state index is 11.2. The number of nitrogen functional groups attached to an aromatic ring is 1. The summed E-state index contributed by atoms with van der Waals surface area (Å²) in [5.74, 6) is -0.621. The molecular formula is C8H9KN2O4S. The van der Waals surface area contributed by atoms with Crippen LogP contribution in [-0.2, 0) is 10.1 Å². The molecular weight excluding hydrogens is 259 g/mol. The minimum Gasteiger partial charge on any atom is -0.744 e. The number of benzene rings is 1. The molecule has 0 aromatic heterocycles. The Kier molecular flexibility index (Phi) is 6.29. The van der Waals surface area contributed by atoms with E-state index in [9.17, 15) is 17.8 Å².